The number of hydrogen-bond acceptors (Lipinski definition) is 7. The summed E-state index contributed by atoms with van der Waals surface area (Å²) in [6.07, 6.45) is 0.649. The molecule has 11 heteroatoms. The fourth-order valence-corrected chi connectivity index (χ4v) is 4.29. The van der Waals surface area contributed by atoms with Crippen LogP contribution in [0.1, 0.15) is 17.5 Å². The van der Waals surface area contributed by atoms with Gasteiger partial charge in [-0.05, 0) is 35.7 Å². The van der Waals surface area contributed by atoms with Gasteiger partial charge in [-0.2, -0.15) is 0 Å². The van der Waals surface area contributed by atoms with Crippen molar-refractivity contribution in [1.29, 1.82) is 16.5 Å². The van der Waals surface area contributed by atoms with E-state index in [0.717, 1.165) is 12.1 Å². The second-order valence-electron chi connectivity index (χ2n) is 6.89. The van der Waals surface area contributed by atoms with Crippen molar-refractivity contribution < 1.29 is 18.3 Å². The summed E-state index contributed by atoms with van der Waals surface area (Å²) in [4.78, 5) is 13.0. The van der Waals surface area contributed by atoms with Gasteiger partial charge in [-0.3, -0.25) is 15.1 Å². The highest BCUT2D eigenvalue weighted by molar-refractivity contribution is 7.89. The van der Waals surface area contributed by atoms with Crippen molar-refractivity contribution in [3.8, 4) is 11.1 Å². The molecule has 1 saturated heterocycles. The van der Waals surface area contributed by atoms with E-state index in [1.54, 1.807) is 12.1 Å². The Labute approximate surface area is 174 Å². The summed E-state index contributed by atoms with van der Waals surface area (Å²) in [6.45, 7) is 1.91. The summed E-state index contributed by atoms with van der Waals surface area (Å²) in [5.41, 5.74) is 18.0. The Morgan fingerprint density at radius 3 is 2.30 bits per heavy atom. The topological polar surface area (TPSA) is 198 Å². The van der Waals surface area contributed by atoms with E-state index in [1.165, 1.54) is 6.07 Å². The highest BCUT2D eigenvalue weighted by atomic mass is 32.2. The van der Waals surface area contributed by atoms with E-state index in [9.17, 15) is 13.2 Å². The third-order valence-electron chi connectivity index (χ3n) is 4.89. The smallest absolute Gasteiger partial charge is 0.307 e. The van der Waals surface area contributed by atoms with E-state index in [1.807, 2.05) is 24.3 Å². The molecule has 160 valence electrons. The molecule has 0 radical (unpaired) electrons. The molecule has 10 nitrogen and oxygen atoms in total. The summed E-state index contributed by atoms with van der Waals surface area (Å²) < 4.78 is 23.7. The third-order valence-corrected chi connectivity index (χ3v) is 5.85. The van der Waals surface area contributed by atoms with Crippen molar-refractivity contribution in [2.75, 3.05) is 13.1 Å². The lowest BCUT2D eigenvalue weighted by atomic mass is 9.98. The maximum Gasteiger partial charge on any atom is 0.307 e. The Hall–Kier alpha value is -3.15. The number of hydrogen-bond donors (Lipinski definition) is 6. The molecular weight excluding hydrogens is 408 g/mol. The molecule has 0 saturated carbocycles. The molecule has 0 aromatic heterocycles. The SMILES string of the molecule is N=C(N)c1c(-c2ccc(CN3CCC(C(=O)O)C3)cc2)cccc1S(N)(=O)=O.N=N. The van der Waals surface area contributed by atoms with Crippen molar-refractivity contribution in [2.45, 2.75) is 17.9 Å². The first-order valence-corrected chi connectivity index (χ1v) is 10.5. The molecule has 8 N–H and O–H groups in total. The molecule has 30 heavy (non-hydrogen) atoms. The predicted octanol–water partition coefficient (Wildman–Crippen LogP) is 1.79. The second kappa shape index (κ2) is 9.57. The maximum absolute atomic E-state index is 11.8. The first-order chi connectivity index (χ1) is 14.2. The van der Waals surface area contributed by atoms with Crippen molar-refractivity contribution in [3.05, 3.63) is 53.6 Å². The average molecular weight is 433 g/mol. The summed E-state index contributed by atoms with van der Waals surface area (Å²) in [7, 11) is -4.02. The van der Waals surface area contributed by atoms with Crippen molar-refractivity contribution in [3.63, 3.8) is 0 Å². The predicted molar refractivity (Wildman–Crippen MR) is 111 cm³/mol. The van der Waals surface area contributed by atoms with Gasteiger partial charge in [0.15, 0.2) is 0 Å². The molecule has 3 rings (SSSR count). The monoisotopic (exact) mass is 432 g/mol. The largest absolute Gasteiger partial charge is 0.481 e. The number of nitrogens with one attached hydrogen (secondary N) is 3. The zero-order valence-corrected chi connectivity index (χ0v) is 16.9. The van der Waals surface area contributed by atoms with Crippen molar-refractivity contribution in [2.24, 2.45) is 16.8 Å². The number of amidine groups is 1. The van der Waals surface area contributed by atoms with Crippen LogP contribution in [0.5, 0.6) is 0 Å². The quantitative estimate of drug-likeness (QED) is 0.228. The van der Waals surface area contributed by atoms with Gasteiger partial charge in [0.05, 0.1) is 10.8 Å². The molecule has 1 unspecified atom stereocenters. The first kappa shape index (κ1) is 23.1. The minimum absolute atomic E-state index is 0.0848. The van der Waals surface area contributed by atoms with Crippen molar-refractivity contribution >= 4 is 21.8 Å². The Morgan fingerprint density at radius 2 is 1.80 bits per heavy atom. The molecule has 0 bridgehead atoms. The molecule has 0 spiro atoms. The van der Waals surface area contributed by atoms with Gasteiger partial charge in [-0.25, -0.2) is 24.6 Å². The summed E-state index contributed by atoms with van der Waals surface area (Å²) in [6, 6.07) is 12.0. The van der Waals surface area contributed by atoms with Crippen LogP contribution in [0.15, 0.2) is 47.4 Å². The van der Waals surface area contributed by atoms with Gasteiger partial charge in [0.25, 0.3) is 0 Å². The fourth-order valence-electron chi connectivity index (χ4n) is 3.51. The van der Waals surface area contributed by atoms with Crippen LogP contribution in [0.3, 0.4) is 0 Å². The number of nitrogens with zero attached hydrogens (tertiary/aromatic N) is 1. The summed E-state index contributed by atoms with van der Waals surface area (Å²) in [5, 5.41) is 22.2. The number of carboxylic acids is 1. The van der Waals surface area contributed by atoms with Crippen LogP contribution in [0.4, 0.5) is 0 Å². The first-order valence-electron chi connectivity index (χ1n) is 8.96. The second-order valence-corrected chi connectivity index (χ2v) is 8.42. The molecule has 1 aliphatic rings. The lowest BCUT2D eigenvalue weighted by Gasteiger charge is -2.16. The van der Waals surface area contributed by atoms with E-state index in [2.05, 4.69) is 4.90 Å². The number of carbonyl (C=O) groups is 1. The molecule has 1 aliphatic heterocycles. The molecular formula is C19H24N6O4S. The Kier molecular flexibility index (Phi) is 7.38. The van der Waals surface area contributed by atoms with E-state index in [-0.39, 0.29) is 22.2 Å². The molecule has 2 aromatic carbocycles. The normalized spacial score (nSPS) is 16.5. The maximum atomic E-state index is 11.8. The summed E-state index contributed by atoms with van der Waals surface area (Å²) >= 11 is 0. The number of rotatable bonds is 6. The molecule has 1 fully saturated rings. The van der Waals surface area contributed by atoms with Crippen LogP contribution >= 0.6 is 0 Å². The van der Waals surface area contributed by atoms with E-state index >= 15 is 0 Å². The minimum Gasteiger partial charge on any atom is -0.481 e. The Morgan fingerprint density at radius 1 is 1.17 bits per heavy atom. The zero-order chi connectivity index (χ0) is 22.5. The number of benzene rings is 2. The van der Waals surface area contributed by atoms with E-state index < -0.39 is 16.0 Å². The minimum atomic E-state index is -4.02. The van der Waals surface area contributed by atoms with Crippen molar-refractivity contribution in [1.82, 2.24) is 4.90 Å². The third kappa shape index (κ3) is 5.26. The van der Waals surface area contributed by atoms with Crippen LogP contribution in [-0.4, -0.2) is 43.3 Å². The average Bonchev–Trinajstić information content (AvgIpc) is 3.18. The van der Waals surface area contributed by atoms with Crippen LogP contribution < -0.4 is 10.9 Å². The van der Waals surface area contributed by atoms with E-state index in [0.29, 0.717) is 30.6 Å². The van der Waals surface area contributed by atoms with Gasteiger partial charge < -0.3 is 10.8 Å². The number of likely N-dealkylation sites (tertiary alicyclic amines) is 1. The zero-order valence-electron chi connectivity index (χ0n) is 16.1. The van der Waals surface area contributed by atoms with Gasteiger partial charge in [0, 0.05) is 18.7 Å². The van der Waals surface area contributed by atoms with Gasteiger partial charge in [-0.15, -0.1) is 0 Å². The Bertz CT molecular complexity index is 1040. The number of sulfonamides is 1. The van der Waals surface area contributed by atoms with E-state index in [4.69, 9.17) is 32.5 Å². The standard InChI is InChI=1S/C19H22N4O4S.H2N2/c20-18(21)17-15(2-1-3-16(17)28(22,26)27)13-6-4-12(5-7-13)10-23-9-8-14(11-23)19(24)25;1-2/h1-7,14H,8-11H2,(H3,20,21)(H,24,25)(H2,22,26,27);1-2H. The van der Waals surface area contributed by atoms with Gasteiger partial charge in [-0.1, -0.05) is 36.4 Å². The van der Waals surface area contributed by atoms with Gasteiger partial charge in [0.2, 0.25) is 10.0 Å². The number of nitrogens with two attached hydrogens (primary N) is 2. The molecule has 0 aliphatic carbocycles. The van der Waals surface area contributed by atoms with Gasteiger partial charge >= 0.3 is 5.97 Å². The number of carboxylic acid groups (broad SMARTS) is 1. The molecule has 1 atom stereocenters. The molecule has 2 aromatic rings. The van der Waals surface area contributed by atoms with Gasteiger partial charge in [0.1, 0.15) is 5.84 Å². The number of aliphatic carboxylic acids is 1. The number of nitrogen functional groups attached to an aromatic ring is 1. The number of primary sulfonamides is 1. The van der Waals surface area contributed by atoms with Crippen LogP contribution in [0, 0.1) is 22.4 Å². The molecule has 1 heterocycles. The van der Waals surface area contributed by atoms with Crippen LogP contribution in [-0.2, 0) is 21.4 Å². The van der Waals surface area contributed by atoms with Crippen LogP contribution in [0.25, 0.3) is 11.1 Å². The lowest BCUT2D eigenvalue weighted by Crippen LogP contribution is -2.22. The van der Waals surface area contributed by atoms with Crippen LogP contribution in [0.2, 0.25) is 0 Å². The lowest BCUT2D eigenvalue weighted by molar-refractivity contribution is -0.141. The summed E-state index contributed by atoms with van der Waals surface area (Å²) in [5.74, 6) is -1.46. The highest BCUT2D eigenvalue weighted by Gasteiger charge is 2.27. The Balaban J connectivity index is 0.00000155. The fraction of sp³-hybridized carbons (Fsp3) is 0.263. The highest BCUT2D eigenvalue weighted by Crippen LogP contribution is 2.29. The molecule has 0 amide bonds.